The van der Waals surface area contributed by atoms with E-state index in [0.717, 1.165) is 5.56 Å². The third-order valence-corrected chi connectivity index (χ3v) is 7.33. The third kappa shape index (κ3) is 15.0. The first kappa shape index (κ1) is 38.9. The molecule has 0 aromatic heterocycles. The Balaban J connectivity index is 3.20. The number of hydrogen-bond donors (Lipinski definition) is 5. The number of ether oxygens (including phenoxy) is 1. The smallest absolute Gasteiger partial charge is 0.408 e. The van der Waals surface area contributed by atoms with Crippen molar-refractivity contribution in [3.8, 4) is 0 Å². The Morgan fingerprint density at radius 1 is 0.818 bits per heavy atom. The summed E-state index contributed by atoms with van der Waals surface area (Å²) in [4.78, 5) is 52.6. The summed E-state index contributed by atoms with van der Waals surface area (Å²) < 4.78 is 5.39. The number of amides is 4. The quantitative estimate of drug-likeness (QED) is 0.176. The van der Waals surface area contributed by atoms with Crippen LogP contribution < -0.4 is 21.3 Å². The maximum atomic E-state index is 13.8. The number of alkyl carbamates (subject to hydrolysis) is 1. The van der Waals surface area contributed by atoms with Gasteiger partial charge in [-0.05, 0) is 56.9 Å². The molecule has 0 saturated carbocycles. The fraction of sp³-hybridized carbons (Fsp3) is 0.706. The summed E-state index contributed by atoms with van der Waals surface area (Å²) in [7, 11) is 0. The molecule has 0 radical (unpaired) electrons. The zero-order valence-electron chi connectivity index (χ0n) is 28.5. The Labute approximate surface area is 264 Å². The second kappa shape index (κ2) is 18.6. The van der Waals surface area contributed by atoms with Crippen LogP contribution >= 0.6 is 0 Å². The summed E-state index contributed by atoms with van der Waals surface area (Å²) in [6.45, 7) is 19.3. The fourth-order valence-corrected chi connectivity index (χ4v) is 4.67. The van der Waals surface area contributed by atoms with Crippen molar-refractivity contribution in [1.82, 2.24) is 21.3 Å². The van der Waals surface area contributed by atoms with Gasteiger partial charge >= 0.3 is 6.09 Å². The van der Waals surface area contributed by atoms with Crippen LogP contribution in [0, 0.1) is 23.7 Å². The summed E-state index contributed by atoms with van der Waals surface area (Å²) in [6, 6.07) is 6.78. The van der Waals surface area contributed by atoms with Gasteiger partial charge in [0.15, 0.2) is 0 Å². The molecule has 6 atom stereocenters. The predicted molar refractivity (Wildman–Crippen MR) is 174 cm³/mol. The second-order valence-electron chi connectivity index (χ2n) is 13.8. The summed E-state index contributed by atoms with van der Waals surface area (Å²) >= 11 is 0. The Bertz CT molecular complexity index is 1040. The van der Waals surface area contributed by atoms with Crippen molar-refractivity contribution in [2.24, 2.45) is 23.7 Å². The van der Waals surface area contributed by atoms with Gasteiger partial charge in [-0.25, -0.2) is 4.79 Å². The molecule has 0 fully saturated rings. The van der Waals surface area contributed by atoms with Crippen LogP contribution in [0.1, 0.15) is 94.1 Å². The van der Waals surface area contributed by atoms with E-state index < -0.39 is 53.7 Å². The standard InChI is InChI=1S/C34H58N4O6/c1-11-23(6)29(38-33(43)44-34(8,9)10)32(42)37-27(19-25-15-13-12-14-16-25)31(41)36-26(17-21(2)3)28(39)18-24(7)30(40)35-20-22(4)5/h12-16,21-24,26-29,39H,11,17-20H2,1-10H3,(H,35,40)(H,36,41)(H,37,42)(H,38,43)/t23?,24-,26+,27+,28+,29+/m1/s1. The molecule has 0 heterocycles. The molecule has 1 aromatic carbocycles. The van der Waals surface area contributed by atoms with E-state index in [2.05, 4.69) is 21.3 Å². The zero-order valence-corrected chi connectivity index (χ0v) is 28.5. The minimum atomic E-state index is -0.981. The number of rotatable bonds is 17. The topological polar surface area (TPSA) is 146 Å². The van der Waals surface area contributed by atoms with Crippen LogP contribution in [-0.4, -0.2) is 65.3 Å². The maximum absolute atomic E-state index is 13.8. The van der Waals surface area contributed by atoms with E-state index in [0.29, 0.717) is 25.3 Å². The highest BCUT2D eigenvalue weighted by Crippen LogP contribution is 2.17. The normalized spacial score (nSPS) is 15.8. The lowest BCUT2D eigenvalue weighted by molar-refractivity contribution is -0.131. The summed E-state index contributed by atoms with van der Waals surface area (Å²) in [5.41, 5.74) is 0.0966. The summed E-state index contributed by atoms with van der Waals surface area (Å²) in [6.07, 6.45) is -0.224. The van der Waals surface area contributed by atoms with Crippen LogP contribution in [0.15, 0.2) is 30.3 Å². The minimum absolute atomic E-state index is 0.143. The van der Waals surface area contributed by atoms with Gasteiger partial charge in [-0.1, -0.05) is 85.2 Å². The molecule has 0 aliphatic carbocycles. The molecule has 44 heavy (non-hydrogen) atoms. The average molecular weight is 619 g/mol. The molecular formula is C34H58N4O6. The lowest BCUT2D eigenvalue weighted by Crippen LogP contribution is -2.58. The molecule has 4 amide bonds. The first-order chi connectivity index (χ1) is 20.4. The number of aliphatic hydroxyl groups excluding tert-OH is 1. The molecule has 1 unspecified atom stereocenters. The largest absolute Gasteiger partial charge is 0.444 e. The molecule has 1 aromatic rings. The van der Waals surface area contributed by atoms with Crippen molar-refractivity contribution in [2.45, 2.75) is 125 Å². The van der Waals surface area contributed by atoms with Crippen LogP contribution in [0.2, 0.25) is 0 Å². The predicted octanol–water partition coefficient (Wildman–Crippen LogP) is 4.34. The monoisotopic (exact) mass is 618 g/mol. The molecule has 10 nitrogen and oxygen atoms in total. The number of benzene rings is 1. The van der Waals surface area contributed by atoms with Gasteiger partial charge in [0.1, 0.15) is 17.7 Å². The third-order valence-electron chi connectivity index (χ3n) is 7.33. The van der Waals surface area contributed by atoms with Crippen molar-refractivity contribution < 1.29 is 29.0 Å². The van der Waals surface area contributed by atoms with Crippen LogP contribution in [0.3, 0.4) is 0 Å². The Morgan fingerprint density at radius 3 is 1.95 bits per heavy atom. The van der Waals surface area contributed by atoms with E-state index in [1.807, 2.05) is 71.9 Å². The Morgan fingerprint density at radius 2 is 1.43 bits per heavy atom. The van der Waals surface area contributed by atoms with Gasteiger partial charge in [0.05, 0.1) is 12.1 Å². The second-order valence-corrected chi connectivity index (χ2v) is 13.8. The first-order valence-electron chi connectivity index (χ1n) is 16.0. The highest BCUT2D eigenvalue weighted by Gasteiger charge is 2.33. The lowest BCUT2D eigenvalue weighted by atomic mass is 9.92. The molecular weight excluding hydrogens is 560 g/mol. The fourth-order valence-electron chi connectivity index (χ4n) is 4.67. The molecule has 0 bridgehead atoms. The average Bonchev–Trinajstić information content (AvgIpc) is 2.92. The van der Waals surface area contributed by atoms with Crippen molar-refractivity contribution in [3.05, 3.63) is 35.9 Å². The SMILES string of the molecule is CCC(C)[C@H](NC(=O)OC(C)(C)C)C(=O)N[C@@H](Cc1ccccc1)C(=O)N[C@@H](CC(C)C)[C@@H](O)C[C@@H](C)C(=O)NCC(C)C. The summed E-state index contributed by atoms with van der Waals surface area (Å²) in [5, 5.41) is 22.6. The Kier molecular flexibility index (Phi) is 16.5. The van der Waals surface area contributed by atoms with E-state index in [4.69, 9.17) is 4.74 Å². The molecule has 1 rings (SSSR count). The molecule has 250 valence electrons. The molecule has 10 heteroatoms. The number of nitrogens with one attached hydrogen (secondary N) is 4. The van der Waals surface area contributed by atoms with Gasteiger partial charge < -0.3 is 31.1 Å². The highest BCUT2D eigenvalue weighted by atomic mass is 16.6. The highest BCUT2D eigenvalue weighted by molar-refractivity contribution is 5.91. The van der Waals surface area contributed by atoms with E-state index >= 15 is 0 Å². The number of carbonyl (C=O) groups is 4. The van der Waals surface area contributed by atoms with Gasteiger partial charge in [0, 0.05) is 18.9 Å². The minimum Gasteiger partial charge on any atom is -0.444 e. The Hall–Kier alpha value is -3.14. The van der Waals surface area contributed by atoms with Crippen molar-refractivity contribution in [1.29, 1.82) is 0 Å². The maximum Gasteiger partial charge on any atom is 0.408 e. The van der Waals surface area contributed by atoms with Crippen LogP contribution in [0.4, 0.5) is 4.79 Å². The van der Waals surface area contributed by atoms with Crippen molar-refractivity contribution in [3.63, 3.8) is 0 Å². The van der Waals surface area contributed by atoms with Gasteiger partial charge in [0.25, 0.3) is 0 Å². The van der Waals surface area contributed by atoms with Gasteiger partial charge in [0.2, 0.25) is 17.7 Å². The van der Waals surface area contributed by atoms with E-state index in [9.17, 15) is 24.3 Å². The van der Waals surface area contributed by atoms with E-state index in [-0.39, 0.29) is 30.6 Å². The molecule has 0 aliphatic heterocycles. The van der Waals surface area contributed by atoms with Gasteiger partial charge in [-0.3, -0.25) is 14.4 Å². The van der Waals surface area contributed by atoms with Gasteiger partial charge in [-0.2, -0.15) is 0 Å². The van der Waals surface area contributed by atoms with E-state index in [1.54, 1.807) is 27.7 Å². The van der Waals surface area contributed by atoms with Gasteiger partial charge in [-0.15, -0.1) is 0 Å². The number of aliphatic hydroxyl groups is 1. The van der Waals surface area contributed by atoms with Crippen LogP contribution in [0.5, 0.6) is 0 Å². The molecule has 0 saturated heterocycles. The van der Waals surface area contributed by atoms with Crippen LogP contribution in [-0.2, 0) is 25.5 Å². The number of carbonyl (C=O) groups excluding carboxylic acids is 4. The van der Waals surface area contributed by atoms with E-state index in [1.165, 1.54) is 0 Å². The molecule has 0 spiro atoms. The van der Waals surface area contributed by atoms with Crippen LogP contribution in [0.25, 0.3) is 0 Å². The van der Waals surface area contributed by atoms with Crippen molar-refractivity contribution >= 4 is 23.8 Å². The first-order valence-corrected chi connectivity index (χ1v) is 16.0. The summed E-state index contributed by atoms with van der Waals surface area (Å²) in [5.74, 6) is -1.33. The lowest BCUT2D eigenvalue weighted by Gasteiger charge is -2.31. The van der Waals surface area contributed by atoms with Crippen molar-refractivity contribution in [2.75, 3.05) is 6.54 Å². The molecule has 5 N–H and O–H groups in total. The molecule has 0 aliphatic rings. The zero-order chi connectivity index (χ0) is 33.6. The number of hydrogen-bond acceptors (Lipinski definition) is 6.